The standard InChI is InChI=1S/C16H24N2O/c1-2-17-9-8-16(14(11-17)12-19)18-10-7-13-5-3-4-6-15(13)18/h3-6,14,16,19H,2,7-12H2,1H3/t14-,16-/m1/s1. The number of benzene rings is 1. The quantitative estimate of drug-likeness (QED) is 0.897. The van der Waals surface area contributed by atoms with Crippen LogP contribution in [-0.2, 0) is 6.42 Å². The van der Waals surface area contributed by atoms with Crippen molar-refractivity contribution in [2.24, 2.45) is 5.92 Å². The van der Waals surface area contributed by atoms with E-state index in [-0.39, 0.29) is 0 Å². The first-order valence-corrected chi connectivity index (χ1v) is 7.51. The first-order chi connectivity index (χ1) is 9.33. The lowest BCUT2D eigenvalue weighted by Gasteiger charge is -2.43. The van der Waals surface area contributed by atoms with Gasteiger partial charge in [-0.3, -0.25) is 0 Å². The van der Waals surface area contributed by atoms with Crippen LogP contribution in [0.25, 0.3) is 0 Å². The molecular formula is C16H24N2O. The highest BCUT2D eigenvalue weighted by Crippen LogP contribution is 2.34. The first-order valence-electron chi connectivity index (χ1n) is 7.51. The molecule has 1 aromatic carbocycles. The average molecular weight is 260 g/mol. The molecule has 19 heavy (non-hydrogen) atoms. The number of hydrogen-bond acceptors (Lipinski definition) is 3. The summed E-state index contributed by atoms with van der Waals surface area (Å²) in [6.07, 6.45) is 2.33. The Balaban J connectivity index is 1.79. The summed E-state index contributed by atoms with van der Waals surface area (Å²) in [5.41, 5.74) is 2.87. The Bertz CT molecular complexity index is 435. The van der Waals surface area contributed by atoms with Crippen molar-refractivity contribution in [2.45, 2.75) is 25.8 Å². The number of fused-ring (bicyclic) bond motifs is 1. The summed E-state index contributed by atoms with van der Waals surface area (Å²) in [5, 5.41) is 9.73. The van der Waals surface area contributed by atoms with E-state index in [1.54, 1.807) is 0 Å². The molecule has 2 aliphatic rings. The van der Waals surface area contributed by atoms with Crippen molar-refractivity contribution in [3.8, 4) is 0 Å². The van der Waals surface area contributed by atoms with E-state index in [2.05, 4.69) is 41.0 Å². The largest absolute Gasteiger partial charge is 0.396 e. The first kappa shape index (κ1) is 12.9. The summed E-state index contributed by atoms with van der Waals surface area (Å²) >= 11 is 0. The van der Waals surface area contributed by atoms with Crippen LogP contribution in [0.2, 0.25) is 0 Å². The maximum atomic E-state index is 9.73. The van der Waals surface area contributed by atoms with Crippen LogP contribution in [0, 0.1) is 5.92 Å². The van der Waals surface area contributed by atoms with Gasteiger partial charge in [-0.15, -0.1) is 0 Å². The highest BCUT2D eigenvalue weighted by atomic mass is 16.3. The second kappa shape index (κ2) is 5.51. The summed E-state index contributed by atoms with van der Waals surface area (Å²) in [6, 6.07) is 9.25. The van der Waals surface area contributed by atoms with Gasteiger partial charge >= 0.3 is 0 Å². The summed E-state index contributed by atoms with van der Waals surface area (Å²) in [7, 11) is 0. The maximum Gasteiger partial charge on any atom is 0.0491 e. The summed E-state index contributed by atoms with van der Waals surface area (Å²) in [4.78, 5) is 5.00. The number of para-hydroxylation sites is 1. The van der Waals surface area contributed by atoms with Crippen LogP contribution in [0.3, 0.4) is 0 Å². The van der Waals surface area contributed by atoms with E-state index in [4.69, 9.17) is 0 Å². The molecule has 1 saturated heterocycles. The number of rotatable bonds is 3. The minimum Gasteiger partial charge on any atom is -0.396 e. The average Bonchev–Trinajstić information content (AvgIpc) is 2.90. The molecule has 2 heterocycles. The molecule has 2 aliphatic heterocycles. The van der Waals surface area contributed by atoms with Crippen LogP contribution in [0.1, 0.15) is 18.9 Å². The van der Waals surface area contributed by atoms with Crippen molar-refractivity contribution in [3.05, 3.63) is 29.8 Å². The molecule has 0 aliphatic carbocycles. The zero-order valence-electron chi connectivity index (χ0n) is 11.8. The van der Waals surface area contributed by atoms with Gasteiger partial charge in [0.15, 0.2) is 0 Å². The molecule has 3 rings (SSSR count). The topological polar surface area (TPSA) is 26.7 Å². The van der Waals surface area contributed by atoms with Crippen LogP contribution in [0.5, 0.6) is 0 Å². The number of hydrogen-bond donors (Lipinski definition) is 1. The molecule has 0 radical (unpaired) electrons. The van der Waals surface area contributed by atoms with Gasteiger partial charge in [0.25, 0.3) is 0 Å². The lowest BCUT2D eigenvalue weighted by atomic mass is 9.91. The molecular weight excluding hydrogens is 236 g/mol. The summed E-state index contributed by atoms with van der Waals surface area (Å²) in [6.45, 7) is 6.93. The van der Waals surface area contributed by atoms with E-state index in [1.807, 2.05) is 0 Å². The van der Waals surface area contributed by atoms with E-state index in [9.17, 15) is 5.11 Å². The fourth-order valence-electron chi connectivity index (χ4n) is 3.68. The number of aliphatic hydroxyl groups excluding tert-OH is 1. The van der Waals surface area contributed by atoms with Gasteiger partial charge in [-0.25, -0.2) is 0 Å². The molecule has 0 aromatic heterocycles. The third-order valence-electron chi connectivity index (χ3n) is 4.78. The Morgan fingerprint density at radius 1 is 1.26 bits per heavy atom. The Hall–Kier alpha value is -1.06. The number of piperidine rings is 1. The highest BCUT2D eigenvalue weighted by molar-refractivity contribution is 5.58. The minimum absolute atomic E-state index is 0.305. The van der Waals surface area contributed by atoms with Crippen molar-refractivity contribution < 1.29 is 5.11 Å². The van der Waals surface area contributed by atoms with Gasteiger partial charge in [-0.05, 0) is 31.0 Å². The second-order valence-electron chi connectivity index (χ2n) is 5.76. The smallest absolute Gasteiger partial charge is 0.0491 e. The van der Waals surface area contributed by atoms with Crippen molar-refractivity contribution in [1.82, 2.24) is 4.90 Å². The van der Waals surface area contributed by atoms with Gasteiger partial charge in [0.05, 0.1) is 0 Å². The SMILES string of the molecule is CCN1CC[C@@H](N2CCc3ccccc32)[C@@H](CO)C1. The zero-order valence-corrected chi connectivity index (χ0v) is 11.8. The predicted octanol–water partition coefficient (Wildman–Crippen LogP) is 1.75. The number of likely N-dealkylation sites (tertiary alicyclic amines) is 1. The lowest BCUT2D eigenvalue weighted by Crippen LogP contribution is -2.52. The fourth-order valence-corrected chi connectivity index (χ4v) is 3.68. The van der Waals surface area contributed by atoms with Crippen LogP contribution in [0.15, 0.2) is 24.3 Å². The Morgan fingerprint density at radius 3 is 2.89 bits per heavy atom. The van der Waals surface area contributed by atoms with Crippen molar-refractivity contribution in [3.63, 3.8) is 0 Å². The van der Waals surface area contributed by atoms with Crippen LogP contribution in [-0.4, -0.2) is 48.8 Å². The van der Waals surface area contributed by atoms with Gasteiger partial charge in [0, 0.05) is 43.9 Å². The molecule has 3 nitrogen and oxygen atoms in total. The zero-order chi connectivity index (χ0) is 13.2. The predicted molar refractivity (Wildman–Crippen MR) is 78.6 cm³/mol. The molecule has 104 valence electrons. The van der Waals surface area contributed by atoms with Crippen LogP contribution >= 0.6 is 0 Å². The van der Waals surface area contributed by atoms with E-state index >= 15 is 0 Å². The monoisotopic (exact) mass is 260 g/mol. The molecule has 2 atom stereocenters. The second-order valence-corrected chi connectivity index (χ2v) is 5.76. The van der Waals surface area contributed by atoms with Crippen molar-refractivity contribution in [2.75, 3.05) is 37.7 Å². The highest BCUT2D eigenvalue weighted by Gasteiger charge is 2.35. The van der Waals surface area contributed by atoms with E-state index < -0.39 is 0 Å². The Morgan fingerprint density at radius 2 is 2.11 bits per heavy atom. The molecule has 0 bridgehead atoms. The molecule has 0 amide bonds. The minimum atomic E-state index is 0.305. The summed E-state index contributed by atoms with van der Waals surface area (Å²) < 4.78 is 0. The fraction of sp³-hybridized carbons (Fsp3) is 0.625. The van der Waals surface area contributed by atoms with Gasteiger partial charge in [0.1, 0.15) is 0 Å². The normalized spacial score (nSPS) is 27.6. The molecule has 3 heteroatoms. The van der Waals surface area contributed by atoms with E-state index in [1.165, 1.54) is 17.7 Å². The Kier molecular flexibility index (Phi) is 3.76. The molecule has 0 spiro atoms. The maximum absolute atomic E-state index is 9.73. The number of anilines is 1. The van der Waals surface area contributed by atoms with Gasteiger partial charge < -0.3 is 14.9 Å². The molecule has 1 aromatic rings. The molecule has 0 unspecified atom stereocenters. The van der Waals surface area contributed by atoms with Crippen molar-refractivity contribution >= 4 is 5.69 Å². The molecule has 1 fully saturated rings. The summed E-state index contributed by atoms with van der Waals surface area (Å²) in [5.74, 6) is 0.389. The van der Waals surface area contributed by atoms with Crippen molar-refractivity contribution in [1.29, 1.82) is 0 Å². The van der Waals surface area contributed by atoms with E-state index in [0.29, 0.717) is 18.6 Å². The molecule has 1 N–H and O–H groups in total. The van der Waals surface area contributed by atoms with Gasteiger partial charge in [-0.2, -0.15) is 0 Å². The van der Waals surface area contributed by atoms with Gasteiger partial charge in [0.2, 0.25) is 0 Å². The van der Waals surface area contributed by atoms with Gasteiger partial charge in [-0.1, -0.05) is 25.1 Å². The lowest BCUT2D eigenvalue weighted by molar-refractivity contribution is 0.104. The van der Waals surface area contributed by atoms with Crippen LogP contribution < -0.4 is 4.90 Å². The Labute approximate surface area is 115 Å². The number of aliphatic hydroxyl groups is 1. The van der Waals surface area contributed by atoms with E-state index in [0.717, 1.165) is 32.6 Å². The number of nitrogens with zero attached hydrogens (tertiary/aromatic N) is 2. The van der Waals surface area contributed by atoms with Crippen LogP contribution in [0.4, 0.5) is 5.69 Å². The molecule has 0 saturated carbocycles. The third kappa shape index (κ3) is 2.37. The third-order valence-corrected chi connectivity index (χ3v) is 4.78.